The number of pyridine rings is 1. The summed E-state index contributed by atoms with van der Waals surface area (Å²) in [5.74, 6) is -0.173. The monoisotopic (exact) mass is 230 g/mol. The van der Waals surface area contributed by atoms with E-state index in [1.807, 2.05) is 19.3 Å². The highest BCUT2D eigenvalue weighted by molar-refractivity contribution is 5.63. The second kappa shape index (κ2) is 5.06. The molecule has 0 saturated carbocycles. The molecule has 3 heteroatoms. The van der Waals surface area contributed by atoms with Gasteiger partial charge >= 0.3 is 0 Å². The van der Waals surface area contributed by atoms with E-state index in [-0.39, 0.29) is 5.82 Å². The van der Waals surface area contributed by atoms with Crippen molar-refractivity contribution in [2.24, 2.45) is 0 Å². The predicted molar refractivity (Wildman–Crippen MR) is 67.1 cm³/mol. The standard InChI is InChI=1S/C14H15FN2/c1-10-5-12(3-4-14(10)15)13-6-11(7-16-2)8-17-9-13/h3-6,8-9,16H,7H2,1-2H3. The summed E-state index contributed by atoms with van der Waals surface area (Å²) in [6, 6.07) is 7.18. The third-order valence-corrected chi connectivity index (χ3v) is 2.67. The summed E-state index contributed by atoms with van der Waals surface area (Å²) in [5, 5.41) is 3.08. The summed E-state index contributed by atoms with van der Waals surface area (Å²) in [5.41, 5.74) is 3.78. The normalized spacial score (nSPS) is 10.5. The summed E-state index contributed by atoms with van der Waals surface area (Å²) in [7, 11) is 1.90. The summed E-state index contributed by atoms with van der Waals surface area (Å²) >= 11 is 0. The molecule has 2 rings (SSSR count). The van der Waals surface area contributed by atoms with Gasteiger partial charge in [-0.1, -0.05) is 6.07 Å². The van der Waals surface area contributed by atoms with Crippen LogP contribution in [-0.2, 0) is 6.54 Å². The van der Waals surface area contributed by atoms with Gasteiger partial charge in [0.25, 0.3) is 0 Å². The van der Waals surface area contributed by atoms with Crippen LogP contribution >= 0.6 is 0 Å². The highest BCUT2D eigenvalue weighted by Gasteiger charge is 2.03. The number of aromatic nitrogens is 1. The minimum Gasteiger partial charge on any atom is -0.316 e. The summed E-state index contributed by atoms with van der Waals surface area (Å²) < 4.78 is 13.2. The summed E-state index contributed by atoms with van der Waals surface area (Å²) in [6.07, 6.45) is 3.63. The van der Waals surface area contributed by atoms with E-state index < -0.39 is 0 Å². The van der Waals surface area contributed by atoms with Crippen molar-refractivity contribution in [3.05, 3.63) is 53.6 Å². The molecule has 0 saturated heterocycles. The molecular formula is C14H15FN2. The molecule has 0 spiro atoms. The van der Waals surface area contributed by atoms with Crippen molar-refractivity contribution >= 4 is 0 Å². The fourth-order valence-corrected chi connectivity index (χ4v) is 1.77. The van der Waals surface area contributed by atoms with Gasteiger partial charge in [-0.15, -0.1) is 0 Å². The van der Waals surface area contributed by atoms with Gasteiger partial charge in [0, 0.05) is 24.5 Å². The molecule has 1 N–H and O–H groups in total. The Kier molecular flexibility index (Phi) is 3.49. The molecule has 1 aromatic carbocycles. The van der Waals surface area contributed by atoms with Crippen LogP contribution in [0.2, 0.25) is 0 Å². The van der Waals surface area contributed by atoms with Gasteiger partial charge in [0.15, 0.2) is 0 Å². The first-order chi connectivity index (χ1) is 8.20. The number of nitrogens with one attached hydrogen (secondary N) is 1. The van der Waals surface area contributed by atoms with E-state index in [9.17, 15) is 4.39 Å². The number of halogens is 1. The van der Waals surface area contributed by atoms with Gasteiger partial charge in [-0.25, -0.2) is 4.39 Å². The fourth-order valence-electron chi connectivity index (χ4n) is 1.77. The number of aryl methyl sites for hydroxylation is 1. The van der Waals surface area contributed by atoms with Crippen LogP contribution in [-0.4, -0.2) is 12.0 Å². The van der Waals surface area contributed by atoms with Crippen molar-refractivity contribution in [1.82, 2.24) is 10.3 Å². The minimum absolute atomic E-state index is 0.173. The third kappa shape index (κ3) is 2.68. The van der Waals surface area contributed by atoms with Crippen LogP contribution < -0.4 is 5.32 Å². The number of benzene rings is 1. The van der Waals surface area contributed by atoms with Crippen molar-refractivity contribution in [2.75, 3.05) is 7.05 Å². The molecule has 2 aromatic rings. The summed E-state index contributed by atoms with van der Waals surface area (Å²) in [6.45, 7) is 2.55. The maximum absolute atomic E-state index is 13.2. The van der Waals surface area contributed by atoms with Crippen molar-refractivity contribution < 1.29 is 4.39 Å². The van der Waals surface area contributed by atoms with Crippen LogP contribution in [0.15, 0.2) is 36.7 Å². The van der Waals surface area contributed by atoms with Gasteiger partial charge < -0.3 is 5.32 Å². The zero-order valence-electron chi connectivity index (χ0n) is 10.00. The Morgan fingerprint density at radius 3 is 2.71 bits per heavy atom. The van der Waals surface area contributed by atoms with E-state index >= 15 is 0 Å². The Balaban J connectivity index is 2.38. The molecule has 0 aliphatic rings. The van der Waals surface area contributed by atoms with E-state index in [2.05, 4.69) is 16.4 Å². The van der Waals surface area contributed by atoms with Crippen LogP contribution in [0.1, 0.15) is 11.1 Å². The second-order valence-electron chi connectivity index (χ2n) is 4.08. The number of nitrogens with zero attached hydrogens (tertiary/aromatic N) is 1. The van der Waals surface area contributed by atoms with E-state index in [1.165, 1.54) is 6.07 Å². The van der Waals surface area contributed by atoms with E-state index in [0.29, 0.717) is 5.56 Å². The highest BCUT2D eigenvalue weighted by Crippen LogP contribution is 2.21. The topological polar surface area (TPSA) is 24.9 Å². The molecule has 17 heavy (non-hydrogen) atoms. The van der Waals surface area contributed by atoms with E-state index in [0.717, 1.165) is 23.2 Å². The molecule has 0 bridgehead atoms. The maximum atomic E-state index is 13.2. The number of hydrogen-bond acceptors (Lipinski definition) is 2. The lowest BCUT2D eigenvalue weighted by atomic mass is 10.0. The van der Waals surface area contributed by atoms with Crippen molar-refractivity contribution in [3.63, 3.8) is 0 Å². The van der Waals surface area contributed by atoms with Gasteiger partial charge in [0.05, 0.1) is 0 Å². The van der Waals surface area contributed by atoms with Gasteiger partial charge in [-0.05, 0) is 48.9 Å². The Bertz CT molecular complexity index is 523. The predicted octanol–water partition coefficient (Wildman–Crippen LogP) is 2.92. The lowest BCUT2D eigenvalue weighted by Gasteiger charge is -2.06. The van der Waals surface area contributed by atoms with Crippen LogP contribution in [0.25, 0.3) is 11.1 Å². The van der Waals surface area contributed by atoms with Gasteiger partial charge in [-0.3, -0.25) is 4.98 Å². The molecule has 0 aliphatic heterocycles. The van der Waals surface area contributed by atoms with Crippen molar-refractivity contribution in [3.8, 4) is 11.1 Å². The van der Waals surface area contributed by atoms with Crippen LogP contribution in [0.5, 0.6) is 0 Å². The molecule has 1 aromatic heterocycles. The SMILES string of the molecule is CNCc1cncc(-c2ccc(F)c(C)c2)c1. The average Bonchev–Trinajstić information content (AvgIpc) is 2.33. The van der Waals surface area contributed by atoms with Gasteiger partial charge in [0.2, 0.25) is 0 Å². The minimum atomic E-state index is -0.173. The van der Waals surface area contributed by atoms with E-state index in [1.54, 1.807) is 19.2 Å². The molecule has 0 unspecified atom stereocenters. The van der Waals surface area contributed by atoms with Crippen molar-refractivity contribution in [2.45, 2.75) is 13.5 Å². The Morgan fingerprint density at radius 2 is 2.00 bits per heavy atom. The molecule has 0 amide bonds. The van der Waals surface area contributed by atoms with Crippen molar-refractivity contribution in [1.29, 1.82) is 0 Å². The first-order valence-corrected chi connectivity index (χ1v) is 5.56. The zero-order valence-corrected chi connectivity index (χ0v) is 10.00. The molecule has 0 aliphatic carbocycles. The molecule has 0 radical (unpaired) electrons. The van der Waals surface area contributed by atoms with Gasteiger partial charge in [-0.2, -0.15) is 0 Å². The lowest BCUT2D eigenvalue weighted by Crippen LogP contribution is -2.05. The Labute approximate surface area is 101 Å². The molecule has 2 nitrogen and oxygen atoms in total. The van der Waals surface area contributed by atoms with E-state index in [4.69, 9.17) is 0 Å². The maximum Gasteiger partial charge on any atom is 0.126 e. The van der Waals surface area contributed by atoms with Crippen LogP contribution in [0, 0.1) is 12.7 Å². The highest BCUT2D eigenvalue weighted by atomic mass is 19.1. The summed E-state index contributed by atoms with van der Waals surface area (Å²) in [4.78, 5) is 4.20. The van der Waals surface area contributed by atoms with Crippen LogP contribution in [0.3, 0.4) is 0 Å². The first-order valence-electron chi connectivity index (χ1n) is 5.56. The van der Waals surface area contributed by atoms with Gasteiger partial charge in [0.1, 0.15) is 5.82 Å². The largest absolute Gasteiger partial charge is 0.316 e. The zero-order chi connectivity index (χ0) is 12.3. The molecule has 1 heterocycles. The first kappa shape index (κ1) is 11.7. The quantitative estimate of drug-likeness (QED) is 0.877. The number of rotatable bonds is 3. The smallest absolute Gasteiger partial charge is 0.126 e. The number of hydrogen-bond donors (Lipinski definition) is 1. The third-order valence-electron chi connectivity index (χ3n) is 2.67. The fraction of sp³-hybridized carbons (Fsp3) is 0.214. The molecule has 88 valence electrons. The molecule has 0 fully saturated rings. The molecule has 0 atom stereocenters. The lowest BCUT2D eigenvalue weighted by molar-refractivity contribution is 0.619. The second-order valence-corrected chi connectivity index (χ2v) is 4.08. The molecular weight excluding hydrogens is 215 g/mol. The Hall–Kier alpha value is -1.74. The van der Waals surface area contributed by atoms with Crippen LogP contribution in [0.4, 0.5) is 4.39 Å². The average molecular weight is 230 g/mol. The Morgan fingerprint density at radius 1 is 1.18 bits per heavy atom.